The van der Waals surface area contributed by atoms with Crippen molar-refractivity contribution in [2.45, 2.75) is 20.1 Å². The number of anilines is 1. The van der Waals surface area contributed by atoms with Gasteiger partial charge in [0.15, 0.2) is 11.5 Å². The highest BCUT2D eigenvalue weighted by molar-refractivity contribution is 14.1. The third-order valence-corrected chi connectivity index (χ3v) is 5.04. The molecule has 0 radical (unpaired) electrons. The third kappa shape index (κ3) is 5.82. The van der Waals surface area contributed by atoms with Crippen LogP contribution in [0.15, 0.2) is 60.7 Å². The number of nitrogens with zero attached hydrogens (tertiary/aromatic N) is 1. The number of hydrogen-bond donors (Lipinski definition) is 1. The fraction of sp³-hybridized carbons (Fsp3) is 0.182. The third-order valence-electron chi connectivity index (χ3n) is 4.24. The predicted molar refractivity (Wildman–Crippen MR) is 121 cm³/mol. The molecule has 3 rings (SSSR count). The van der Waals surface area contributed by atoms with E-state index in [2.05, 4.69) is 27.9 Å². The number of benzene rings is 3. The Morgan fingerprint density at radius 2 is 1.73 bits per heavy atom. The van der Waals surface area contributed by atoms with Crippen LogP contribution in [0.2, 0.25) is 0 Å². The van der Waals surface area contributed by atoms with Crippen LogP contribution in [0.3, 0.4) is 0 Å². The zero-order valence-electron chi connectivity index (χ0n) is 16.2. The molecule has 0 heterocycles. The summed E-state index contributed by atoms with van der Waals surface area (Å²) < 4.78 is 25.7. The molecular weight excluding hydrogens is 502 g/mol. The van der Waals surface area contributed by atoms with Crippen LogP contribution in [0.4, 0.5) is 15.8 Å². The summed E-state index contributed by atoms with van der Waals surface area (Å²) in [4.78, 5) is 10.3. The number of non-ortho nitro benzene ring substituents is 1. The van der Waals surface area contributed by atoms with Gasteiger partial charge in [0.05, 0.1) is 15.1 Å². The first-order chi connectivity index (χ1) is 14.5. The van der Waals surface area contributed by atoms with E-state index in [-0.39, 0.29) is 18.1 Å². The average molecular weight is 522 g/mol. The number of nitrogens with one attached hydrogen (secondary N) is 1. The largest absolute Gasteiger partial charge is 0.490 e. The van der Waals surface area contributed by atoms with Crippen LogP contribution in [0.25, 0.3) is 0 Å². The SMILES string of the molecule is CCOc1cc(CNc2ccc(F)cc2)cc(I)c1OCc1ccc([N+](=O)[O-])cc1. The molecule has 3 aromatic rings. The Hall–Kier alpha value is -2.88. The van der Waals surface area contributed by atoms with Crippen LogP contribution in [0.1, 0.15) is 18.1 Å². The molecule has 0 bridgehead atoms. The summed E-state index contributed by atoms with van der Waals surface area (Å²) in [6.07, 6.45) is 0. The monoisotopic (exact) mass is 522 g/mol. The van der Waals surface area contributed by atoms with E-state index in [9.17, 15) is 14.5 Å². The van der Waals surface area contributed by atoms with Gasteiger partial charge in [-0.1, -0.05) is 0 Å². The molecule has 0 amide bonds. The van der Waals surface area contributed by atoms with Gasteiger partial charge in [-0.05, 0) is 89.2 Å². The van der Waals surface area contributed by atoms with Gasteiger partial charge < -0.3 is 14.8 Å². The van der Waals surface area contributed by atoms with Gasteiger partial charge in [-0.15, -0.1) is 0 Å². The van der Waals surface area contributed by atoms with Crippen LogP contribution in [0.5, 0.6) is 11.5 Å². The van der Waals surface area contributed by atoms with E-state index in [0.29, 0.717) is 24.7 Å². The molecule has 0 saturated heterocycles. The Morgan fingerprint density at radius 3 is 2.37 bits per heavy atom. The number of nitro groups is 1. The summed E-state index contributed by atoms with van der Waals surface area (Å²) in [5, 5.41) is 14.0. The van der Waals surface area contributed by atoms with E-state index in [4.69, 9.17) is 9.47 Å². The lowest BCUT2D eigenvalue weighted by molar-refractivity contribution is -0.384. The molecule has 0 aliphatic carbocycles. The van der Waals surface area contributed by atoms with Gasteiger partial charge in [-0.2, -0.15) is 0 Å². The Bertz CT molecular complexity index is 1010. The maximum absolute atomic E-state index is 13.0. The van der Waals surface area contributed by atoms with E-state index in [1.807, 2.05) is 19.1 Å². The van der Waals surface area contributed by atoms with Crippen LogP contribution in [-0.2, 0) is 13.2 Å². The molecule has 156 valence electrons. The van der Waals surface area contributed by atoms with Crippen LogP contribution in [0, 0.1) is 19.5 Å². The molecule has 3 aromatic carbocycles. The fourth-order valence-corrected chi connectivity index (χ4v) is 3.59. The van der Waals surface area contributed by atoms with Crippen molar-refractivity contribution >= 4 is 34.0 Å². The van der Waals surface area contributed by atoms with Crippen molar-refractivity contribution in [2.24, 2.45) is 0 Å². The van der Waals surface area contributed by atoms with Gasteiger partial charge in [0.25, 0.3) is 5.69 Å². The number of halogens is 2. The standard InChI is InChI=1S/C22H20FIN2O4/c1-2-29-21-12-16(13-25-18-7-5-17(23)6-8-18)11-20(24)22(21)30-14-15-3-9-19(10-4-15)26(27)28/h3-12,25H,2,13-14H2,1H3. The van der Waals surface area contributed by atoms with E-state index in [1.54, 1.807) is 24.3 Å². The number of rotatable bonds is 9. The van der Waals surface area contributed by atoms with Crippen LogP contribution < -0.4 is 14.8 Å². The van der Waals surface area contributed by atoms with E-state index >= 15 is 0 Å². The summed E-state index contributed by atoms with van der Waals surface area (Å²) in [5.41, 5.74) is 2.68. The molecule has 0 aromatic heterocycles. The van der Waals surface area contributed by atoms with Gasteiger partial charge >= 0.3 is 0 Å². The first-order valence-electron chi connectivity index (χ1n) is 9.27. The Morgan fingerprint density at radius 1 is 1.03 bits per heavy atom. The second kappa shape index (κ2) is 10.2. The zero-order valence-corrected chi connectivity index (χ0v) is 18.4. The van der Waals surface area contributed by atoms with Crippen molar-refractivity contribution in [3.63, 3.8) is 0 Å². The zero-order chi connectivity index (χ0) is 21.5. The minimum atomic E-state index is -0.431. The molecule has 8 heteroatoms. The molecule has 0 aliphatic rings. The van der Waals surface area contributed by atoms with Crippen LogP contribution in [-0.4, -0.2) is 11.5 Å². The maximum Gasteiger partial charge on any atom is 0.269 e. The fourth-order valence-electron chi connectivity index (χ4n) is 2.77. The molecule has 6 nitrogen and oxygen atoms in total. The van der Waals surface area contributed by atoms with Crippen molar-refractivity contribution in [2.75, 3.05) is 11.9 Å². The summed E-state index contributed by atoms with van der Waals surface area (Å²) in [5.74, 6) is 0.979. The Kier molecular flexibility index (Phi) is 7.45. The highest BCUT2D eigenvalue weighted by Crippen LogP contribution is 2.35. The van der Waals surface area contributed by atoms with Crippen molar-refractivity contribution in [3.05, 3.63) is 91.3 Å². The molecule has 30 heavy (non-hydrogen) atoms. The Balaban J connectivity index is 1.72. The summed E-state index contributed by atoms with van der Waals surface area (Å²) in [6, 6.07) is 16.3. The van der Waals surface area contributed by atoms with Crippen molar-refractivity contribution in [1.29, 1.82) is 0 Å². The number of nitro benzene ring substituents is 1. The van der Waals surface area contributed by atoms with Crippen molar-refractivity contribution < 1.29 is 18.8 Å². The van der Waals surface area contributed by atoms with Gasteiger partial charge in [-0.3, -0.25) is 10.1 Å². The lowest BCUT2D eigenvalue weighted by Gasteiger charge is -2.16. The molecule has 0 aliphatic heterocycles. The number of hydrogen-bond acceptors (Lipinski definition) is 5. The molecule has 0 spiro atoms. The molecule has 1 N–H and O–H groups in total. The summed E-state index contributed by atoms with van der Waals surface area (Å²) in [7, 11) is 0. The normalized spacial score (nSPS) is 10.5. The van der Waals surface area contributed by atoms with Gasteiger partial charge in [0.1, 0.15) is 12.4 Å². The Labute approximate surface area is 187 Å². The quantitative estimate of drug-likeness (QED) is 0.214. The van der Waals surface area contributed by atoms with Crippen molar-refractivity contribution in [1.82, 2.24) is 0 Å². The average Bonchev–Trinajstić information content (AvgIpc) is 2.73. The molecule has 0 atom stereocenters. The smallest absolute Gasteiger partial charge is 0.269 e. The first kappa shape index (κ1) is 21.8. The minimum Gasteiger partial charge on any atom is -0.490 e. The van der Waals surface area contributed by atoms with Gasteiger partial charge in [0, 0.05) is 24.4 Å². The molecule has 0 unspecified atom stereocenters. The first-order valence-corrected chi connectivity index (χ1v) is 10.3. The molecule has 0 saturated carbocycles. The topological polar surface area (TPSA) is 73.6 Å². The maximum atomic E-state index is 13.0. The van der Waals surface area contributed by atoms with Crippen molar-refractivity contribution in [3.8, 4) is 11.5 Å². The van der Waals surface area contributed by atoms with E-state index in [1.165, 1.54) is 24.3 Å². The second-order valence-electron chi connectivity index (χ2n) is 6.41. The highest BCUT2D eigenvalue weighted by Gasteiger charge is 2.13. The van der Waals surface area contributed by atoms with E-state index < -0.39 is 4.92 Å². The lowest BCUT2D eigenvalue weighted by Crippen LogP contribution is -2.05. The van der Waals surface area contributed by atoms with Crippen LogP contribution >= 0.6 is 22.6 Å². The predicted octanol–water partition coefficient (Wildman–Crippen LogP) is 5.93. The lowest BCUT2D eigenvalue weighted by atomic mass is 10.2. The van der Waals surface area contributed by atoms with Gasteiger partial charge in [-0.25, -0.2) is 4.39 Å². The molecular formula is C22H20FIN2O4. The number of ether oxygens (including phenoxy) is 2. The summed E-state index contributed by atoms with van der Waals surface area (Å²) in [6.45, 7) is 3.20. The summed E-state index contributed by atoms with van der Waals surface area (Å²) >= 11 is 2.20. The van der Waals surface area contributed by atoms with E-state index in [0.717, 1.165) is 20.4 Å². The highest BCUT2D eigenvalue weighted by atomic mass is 127. The second-order valence-corrected chi connectivity index (χ2v) is 7.57. The van der Waals surface area contributed by atoms with Gasteiger partial charge in [0.2, 0.25) is 0 Å². The molecule has 0 fully saturated rings. The minimum absolute atomic E-state index is 0.0429.